The van der Waals surface area contributed by atoms with Crippen molar-refractivity contribution in [2.45, 2.75) is 12.1 Å². The second-order valence-corrected chi connectivity index (χ2v) is 6.13. The molecule has 0 radical (unpaired) electrons. The van der Waals surface area contributed by atoms with Crippen LogP contribution in [0.3, 0.4) is 0 Å². The van der Waals surface area contributed by atoms with E-state index in [2.05, 4.69) is 10.4 Å². The first-order chi connectivity index (χ1) is 8.37. The summed E-state index contributed by atoms with van der Waals surface area (Å²) in [7, 11) is -1.46. The summed E-state index contributed by atoms with van der Waals surface area (Å²) in [4.78, 5) is 11.8. The van der Waals surface area contributed by atoms with Crippen LogP contribution in [0.15, 0.2) is 23.9 Å². The van der Waals surface area contributed by atoms with Crippen LogP contribution < -0.4 is 11.1 Å². The highest BCUT2D eigenvalue weighted by molar-refractivity contribution is 7.94. The van der Waals surface area contributed by atoms with Crippen LogP contribution in [0.1, 0.15) is 11.6 Å². The predicted molar refractivity (Wildman–Crippen MR) is 65.0 cm³/mol. The van der Waals surface area contributed by atoms with E-state index in [1.165, 1.54) is 12.3 Å². The molecule has 2 rings (SSSR count). The first-order valence-electron chi connectivity index (χ1n) is 5.33. The largest absolute Gasteiger partial charge is 0.347 e. The van der Waals surface area contributed by atoms with Gasteiger partial charge in [0.05, 0.1) is 18.0 Å². The van der Waals surface area contributed by atoms with E-state index < -0.39 is 27.8 Å². The molecule has 8 heteroatoms. The standard InChI is InChI=1S/C10H14N4O3S/c1-14-5-7(4-12-14)9(11)10(15)13-8-2-3-18(16,17)6-8/h2-5,8-9H,6,11H2,1H3,(H,13,15). The number of hydrogen-bond donors (Lipinski definition) is 2. The fourth-order valence-electron chi connectivity index (χ4n) is 1.69. The van der Waals surface area contributed by atoms with Gasteiger partial charge in [-0.05, 0) is 6.08 Å². The van der Waals surface area contributed by atoms with Gasteiger partial charge in [-0.15, -0.1) is 0 Å². The Balaban J connectivity index is 1.99. The van der Waals surface area contributed by atoms with Crippen molar-refractivity contribution in [1.82, 2.24) is 15.1 Å². The second kappa shape index (κ2) is 4.54. The number of nitrogens with two attached hydrogens (primary N) is 1. The van der Waals surface area contributed by atoms with Crippen molar-refractivity contribution in [3.8, 4) is 0 Å². The highest BCUT2D eigenvalue weighted by atomic mass is 32.2. The van der Waals surface area contributed by atoms with Gasteiger partial charge < -0.3 is 11.1 Å². The van der Waals surface area contributed by atoms with E-state index in [1.807, 2.05) is 0 Å². The lowest BCUT2D eigenvalue weighted by atomic mass is 10.1. The van der Waals surface area contributed by atoms with Gasteiger partial charge in [-0.2, -0.15) is 5.10 Å². The smallest absolute Gasteiger partial charge is 0.242 e. The number of aryl methyl sites for hydroxylation is 1. The molecule has 1 amide bonds. The number of amides is 1. The molecule has 0 saturated heterocycles. The summed E-state index contributed by atoms with van der Waals surface area (Å²) in [6, 6.07) is -1.36. The molecule has 18 heavy (non-hydrogen) atoms. The molecule has 1 aromatic rings. The van der Waals surface area contributed by atoms with Gasteiger partial charge in [0.15, 0.2) is 9.84 Å². The molecular formula is C10H14N4O3S. The summed E-state index contributed by atoms with van der Waals surface area (Å²) < 4.78 is 23.9. The summed E-state index contributed by atoms with van der Waals surface area (Å²) in [6.45, 7) is 0. The molecule has 0 aromatic carbocycles. The average molecular weight is 270 g/mol. The summed E-state index contributed by atoms with van der Waals surface area (Å²) in [5.41, 5.74) is 6.34. The number of nitrogens with zero attached hydrogens (tertiary/aromatic N) is 2. The van der Waals surface area contributed by atoms with Crippen LogP contribution in [0, 0.1) is 0 Å². The van der Waals surface area contributed by atoms with Crippen molar-refractivity contribution < 1.29 is 13.2 Å². The maximum Gasteiger partial charge on any atom is 0.242 e. The fraction of sp³-hybridized carbons (Fsp3) is 0.400. The summed E-state index contributed by atoms with van der Waals surface area (Å²) >= 11 is 0. The molecule has 1 aromatic heterocycles. The third kappa shape index (κ3) is 2.77. The lowest BCUT2D eigenvalue weighted by Gasteiger charge is -2.14. The van der Waals surface area contributed by atoms with Crippen LogP contribution in [0.5, 0.6) is 0 Å². The van der Waals surface area contributed by atoms with Crippen molar-refractivity contribution in [1.29, 1.82) is 0 Å². The lowest BCUT2D eigenvalue weighted by molar-refractivity contribution is -0.122. The van der Waals surface area contributed by atoms with Crippen molar-refractivity contribution in [2.75, 3.05) is 5.75 Å². The van der Waals surface area contributed by atoms with Gasteiger partial charge in [0.2, 0.25) is 5.91 Å². The molecule has 2 atom stereocenters. The summed E-state index contributed by atoms with van der Waals surface area (Å²) in [5.74, 6) is -0.534. The monoisotopic (exact) mass is 270 g/mol. The summed E-state index contributed by atoms with van der Waals surface area (Å²) in [5, 5.41) is 7.60. The Morgan fingerprint density at radius 2 is 2.39 bits per heavy atom. The van der Waals surface area contributed by atoms with Gasteiger partial charge in [-0.1, -0.05) is 0 Å². The topological polar surface area (TPSA) is 107 Å². The maximum absolute atomic E-state index is 11.8. The first-order valence-corrected chi connectivity index (χ1v) is 7.04. The minimum Gasteiger partial charge on any atom is -0.347 e. The normalized spacial score (nSPS) is 22.9. The number of rotatable bonds is 3. The van der Waals surface area contributed by atoms with E-state index in [4.69, 9.17) is 5.73 Å². The molecule has 0 fully saturated rings. The predicted octanol–water partition coefficient (Wildman–Crippen LogP) is -1.15. The van der Waals surface area contributed by atoms with Crippen molar-refractivity contribution >= 4 is 15.7 Å². The number of aromatic nitrogens is 2. The highest BCUT2D eigenvalue weighted by Crippen LogP contribution is 2.12. The Hall–Kier alpha value is -1.67. The summed E-state index contributed by atoms with van der Waals surface area (Å²) in [6.07, 6.45) is 4.60. The van der Waals surface area contributed by atoms with E-state index in [0.29, 0.717) is 5.56 Å². The van der Waals surface area contributed by atoms with Crippen LogP contribution in [-0.2, 0) is 21.7 Å². The van der Waals surface area contributed by atoms with E-state index in [0.717, 1.165) is 5.41 Å². The van der Waals surface area contributed by atoms with Crippen LogP contribution in [0.2, 0.25) is 0 Å². The van der Waals surface area contributed by atoms with Gasteiger partial charge in [0, 0.05) is 24.2 Å². The van der Waals surface area contributed by atoms with Crippen LogP contribution in [0.4, 0.5) is 0 Å². The second-order valence-electron chi connectivity index (χ2n) is 4.20. The molecule has 98 valence electrons. The molecule has 2 unspecified atom stereocenters. The zero-order chi connectivity index (χ0) is 13.3. The molecule has 0 saturated carbocycles. The van der Waals surface area contributed by atoms with Gasteiger partial charge >= 0.3 is 0 Å². The lowest BCUT2D eigenvalue weighted by Crippen LogP contribution is -2.41. The van der Waals surface area contributed by atoms with Gasteiger partial charge in [-0.25, -0.2) is 8.42 Å². The quantitative estimate of drug-likeness (QED) is 0.721. The Morgan fingerprint density at radius 1 is 1.67 bits per heavy atom. The maximum atomic E-state index is 11.8. The third-order valence-electron chi connectivity index (χ3n) is 2.62. The zero-order valence-corrected chi connectivity index (χ0v) is 10.6. The molecule has 0 aliphatic carbocycles. The zero-order valence-electron chi connectivity index (χ0n) is 9.78. The van der Waals surface area contributed by atoms with E-state index in [-0.39, 0.29) is 5.75 Å². The van der Waals surface area contributed by atoms with Gasteiger partial charge in [0.25, 0.3) is 0 Å². The van der Waals surface area contributed by atoms with E-state index in [9.17, 15) is 13.2 Å². The number of carbonyl (C=O) groups is 1. The minimum atomic E-state index is -3.18. The number of carbonyl (C=O) groups excluding carboxylic acids is 1. The van der Waals surface area contributed by atoms with Crippen LogP contribution in [0.25, 0.3) is 0 Å². The van der Waals surface area contributed by atoms with Crippen molar-refractivity contribution in [3.63, 3.8) is 0 Å². The van der Waals surface area contributed by atoms with Gasteiger partial charge in [-0.3, -0.25) is 9.48 Å². The Kier molecular flexibility index (Phi) is 3.22. The molecule has 1 aliphatic heterocycles. The Morgan fingerprint density at radius 3 is 2.89 bits per heavy atom. The number of nitrogens with one attached hydrogen (secondary N) is 1. The third-order valence-corrected chi connectivity index (χ3v) is 4.02. The van der Waals surface area contributed by atoms with E-state index in [1.54, 1.807) is 17.9 Å². The minimum absolute atomic E-state index is 0.113. The first kappa shape index (κ1) is 12.8. The molecule has 0 bridgehead atoms. The molecule has 2 heterocycles. The highest BCUT2D eigenvalue weighted by Gasteiger charge is 2.25. The van der Waals surface area contributed by atoms with Gasteiger partial charge in [0.1, 0.15) is 6.04 Å². The number of hydrogen-bond acceptors (Lipinski definition) is 5. The number of sulfone groups is 1. The molecular weight excluding hydrogens is 256 g/mol. The Bertz CT molecular complexity index is 590. The molecule has 0 spiro atoms. The molecule has 1 aliphatic rings. The van der Waals surface area contributed by atoms with Crippen molar-refractivity contribution in [2.24, 2.45) is 12.8 Å². The molecule has 7 nitrogen and oxygen atoms in total. The van der Waals surface area contributed by atoms with E-state index >= 15 is 0 Å². The SMILES string of the molecule is Cn1cc(C(N)C(=O)NC2C=CS(=O)(=O)C2)cn1. The average Bonchev–Trinajstić information content (AvgIpc) is 2.84. The molecule has 3 N–H and O–H groups in total. The van der Waals surface area contributed by atoms with Crippen molar-refractivity contribution in [3.05, 3.63) is 29.4 Å². The fourth-order valence-corrected chi connectivity index (χ4v) is 2.93. The Labute approximate surface area is 105 Å². The van der Waals surface area contributed by atoms with Crippen LogP contribution >= 0.6 is 0 Å². The van der Waals surface area contributed by atoms with Crippen LogP contribution in [-0.4, -0.2) is 35.9 Å².